The maximum absolute atomic E-state index is 13.3. The molecule has 1 unspecified atom stereocenters. The lowest BCUT2D eigenvalue weighted by molar-refractivity contribution is 0.0737. The average molecular weight is 326 g/mol. The largest absolute Gasteiger partial charge is 0.497 e. The summed E-state index contributed by atoms with van der Waals surface area (Å²) in [5, 5.41) is 0.684. The standard InChI is InChI=1S/C19H19FN2O2/c1-12(13-4-7-16(24-3)8-5-13)22(2)19(23)18-11-14-10-15(20)6-9-17(14)21-18/h4-12,21H,1-3H3. The molecule has 1 atom stereocenters. The third-order valence-electron chi connectivity index (χ3n) is 4.31. The fourth-order valence-electron chi connectivity index (χ4n) is 2.69. The highest BCUT2D eigenvalue weighted by Crippen LogP contribution is 2.24. The number of carbonyl (C=O) groups excluding carboxylic acids is 1. The first-order valence-electron chi connectivity index (χ1n) is 7.69. The maximum Gasteiger partial charge on any atom is 0.270 e. The van der Waals surface area contributed by atoms with Crippen LogP contribution in [0.5, 0.6) is 5.75 Å². The number of methoxy groups -OCH3 is 1. The molecule has 1 aromatic heterocycles. The Bertz CT molecular complexity index is 871. The lowest BCUT2D eigenvalue weighted by Crippen LogP contribution is -2.29. The van der Waals surface area contributed by atoms with Crippen molar-refractivity contribution in [2.24, 2.45) is 0 Å². The number of carbonyl (C=O) groups is 1. The van der Waals surface area contributed by atoms with Crippen molar-refractivity contribution in [1.29, 1.82) is 0 Å². The van der Waals surface area contributed by atoms with Crippen LogP contribution in [0, 0.1) is 5.82 Å². The van der Waals surface area contributed by atoms with Crippen molar-refractivity contribution in [3.63, 3.8) is 0 Å². The summed E-state index contributed by atoms with van der Waals surface area (Å²) in [4.78, 5) is 17.4. The number of halogens is 1. The molecule has 2 aromatic carbocycles. The van der Waals surface area contributed by atoms with Crippen LogP contribution in [-0.2, 0) is 0 Å². The SMILES string of the molecule is COc1ccc(C(C)N(C)C(=O)c2cc3cc(F)ccc3[nH]2)cc1. The molecule has 1 amide bonds. The summed E-state index contributed by atoms with van der Waals surface area (Å²) in [7, 11) is 3.37. The lowest BCUT2D eigenvalue weighted by atomic mass is 10.1. The van der Waals surface area contributed by atoms with Gasteiger partial charge in [0.05, 0.1) is 13.2 Å². The minimum Gasteiger partial charge on any atom is -0.497 e. The fourth-order valence-corrected chi connectivity index (χ4v) is 2.69. The van der Waals surface area contributed by atoms with Crippen LogP contribution in [0.15, 0.2) is 48.5 Å². The van der Waals surface area contributed by atoms with E-state index >= 15 is 0 Å². The van der Waals surface area contributed by atoms with Crippen LogP contribution in [0.2, 0.25) is 0 Å². The van der Waals surface area contributed by atoms with E-state index in [4.69, 9.17) is 4.74 Å². The zero-order valence-electron chi connectivity index (χ0n) is 13.8. The molecule has 0 aliphatic heterocycles. The molecule has 0 radical (unpaired) electrons. The van der Waals surface area contributed by atoms with Gasteiger partial charge in [0.15, 0.2) is 0 Å². The summed E-state index contributed by atoms with van der Waals surface area (Å²) in [6.45, 7) is 1.96. The molecule has 1 heterocycles. The third-order valence-corrected chi connectivity index (χ3v) is 4.31. The first kappa shape index (κ1) is 16.1. The van der Waals surface area contributed by atoms with Gasteiger partial charge in [0.25, 0.3) is 5.91 Å². The average Bonchev–Trinajstić information content (AvgIpc) is 3.03. The normalized spacial score (nSPS) is 12.2. The van der Waals surface area contributed by atoms with Gasteiger partial charge < -0.3 is 14.6 Å². The Balaban J connectivity index is 1.83. The molecule has 24 heavy (non-hydrogen) atoms. The number of benzene rings is 2. The monoisotopic (exact) mass is 326 g/mol. The minimum atomic E-state index is -0.319. The summed E-state index contributed by atoms with van der Waals surface area (Å²) in [5.74, 6) is 0.313. The van der Waals surface area contributed by atoms with Crippen molar-refractivity contribution in [3.8, 4) is 5.75 Å². The van der Waals surface area contributed by atoms with E-state index in [0.29, 0.717) is 11.1 Å². The molecule has 3 aromatic rings. The van der Waals surface area contributed by atoms with Crippen molar-refractivity contribution < 1.29 is 13.9 Å². The number of nitrogens with zero attached hydrogens (tertiary/aromatic N) is 1. The van der Waals surface area contributed by atoms with E-state index in [-0.39, 0.29) is 17.8 Å². The number of ether oxygens (including phenoxy) is 1. The molecule has 0 spiro atoms. The van der Waals surface area contributed by atoms with Gasteiger partial charge in [-0.15, -0.1) is 0 Å². The molecular formula is C19H19FN2O2. The number of aromatic amines is 1. The van der Waals surface area contributed by atoms with Gasteiger partial charge in [-0.05, 0) is 48.9 Å². The van der Waals surface area contributed by atoms with Crippen LogP contribution in [0.25, 0.3) is 10.9 Å². The van der Waals surface area contributed by atoms with E-state index in [1.54, 1.807) is 31.2 Å². The second-order valence-corrected chi connectivity index (χ2v) is 5.78. The van der Waals surface area contributed by atoms with Crippen molar-refractivity contribution in [3.05, 3.63) is 65.6 Å². The number of hydrogen-bond acceptors (Lipinski definition) is 2. The smallest absolute Gasteiger partial charge is 0.270 e. The molecule has 0 aliphatic carbocycles. The van der Waals surface area contributed by atoms with E-state index in [2.05, 4.69) is 4.98 Å². The van der Waals surface area contributed by atoms with Gasteiger partial charge in [-0.1, -0.05) is 12.1 Å². The predicted octanol–water partition coefficient (Wildman–Crippen LogP) is 4.15. The second-order valence-electron chi connectivity index (χ2n) is 5.78. The first-order chi connectivity index (χ1) is 11.5. The Morgan fingerprint density at radius 3 is 2.54 bits per heavy atom. The van der Waals surface area contributed by atoms with E-state index in [0.717, 1.165) is 16.8 Å². The van der Waals surface area contributed by atoms with Crippen LogP contribution in [0.3, 0.4) is 0 Å². The van der Waals surface area contributed by atoms with Crippen molar-refractivity contribution in [1.82, 2.24) is 9.88 Å². The first-order valence-corrected chi connectivity index (χ1v) is 7.69. The number of H-pyrrole nitrogens is 1. The summed E-state index contributed by atoms with van der Waals surface area (Å²) >= 11 is 0. The fraction of sp³-hybridized carbons (Fsp3) is 0.211. The third kappa shape index (κ3) is 2.97. The van der Waals surface area contributed by atoms with Gasteiger partial charge in [0.2, 0.25) is 0 Å². The predicted molar refractivity (Wildman–Crippen MR) is 91.8 cm³/mol. The number of rotatable bonds is 4. The molecule has 0 fully saturated rings. The zero-order chi connectivity index (χ0) is 17.3. The molecular weight excluding hydrogens is 307 g/mol. The minimum absolute atomic E-state index is 0.105. The summed E-state index contributed by atoms with van der Waals surface area (Å²) < 4.78 is 18.5. The highest BCUT2D eigenvalue weighted by molar-refractivity contribution is 5.98. The number of fused-ring (bicyclic) bond motifs is 1. The van der Waals surface area contributed by atoms with E-state index in [1.165, 1.54) is 12.1 Å². The molecule has 5 heteroatoms. The molecule has 3 rings (SSSR count). The Kier molecular flexibility index (Phi) is 4.25. The second kappa shape index (κ2) is 6.35. The van der Waals surface area contributed by atoms with Crippen LogP contribution < -0.4 is 4.74 Å². The molecule has 124 valence electrons. The number of nitrogens with one attached hydrogen (secondary N) is 1. The Labute approximate surface area is 139 Å². The lowest BCUT2D eigenvalue weighted by Gasteiger charge is -2.25. The van der Waals surface area contributed by atoms with Crippen LogP contribution in [0.1, 0.15) is 29.0 Å². The number of aromatic nitrogens is 1. The van der Waals surface area contributed by atoms with Gasteiger partial charge in [-0.2, -0.15) is 0 Å². The summed E-state index contributed by atoms with van der Waals surface area (Å²) in [6, 6.07) is 13.6. The topological polar surface area (TPSA) is 45.3 Å². The Hall–Kier alpha value is -2.82. The zero-order valence-corrected chi connectivity index (χ0v) is 13.8. The molecule has 0 aliphatic rings. The Morgan fingerprint density at radius 1 is 1.17 bits per heavy atom. The summed E-state index contributed by atoms with van der Waals surface area (Å²) in [5.41, 5.74) is 2.19. The Morgan fingerprint density at radius 2 is 1.88 bits per heavy atom. The van der Waals surface area contributed by atoms with Gasteiger partial charge in [0.1, 0.15) is 17.3 Å². The quantitative estimate of drug-likeness (QED) is 0.783. The molecule has 4 nitrogen and oxygen atoms in total. The molecule has 1 N–H and O–H groups in total. The van der Waals surface area contributed by atoms with E-state index in [1.807, 2.05) is 31.2 Å². The number of amides is 1. The van der Waals surface area contributed by atoms with E-state index < -0.39 is 0 Å². The summed E-state index contributed by atoms with van der Waals surface area (Å²) in [6.07, 6.45) is 0. The van der Waals surface area contributed by atoms with Gasteiger partial charge in [0, 0.05) is 18.0 Å². The maximum atomic E-state index is 13.3. The van der Waals surface area contributed by atoms with Gasteiger partial charge >= 0.3 is 0 Å². The highest BCUT2D eigenvalue weighted by Gasteiger charge is 2.20. The van der Waals surface area contributed by atoms with Crippen LogP contribution in [0.4, 0.5) is 4.39 Å². The highest BCUT2D eigenvalue weighted by atomic mass is 19.1. The van der Waals surface area contributed by atoms with Crippen molar-refractivity contribution >= 4 is 16.8 Å². The van der Waals surface area contributed by atoms with Crippen LogP contribution >= 0.6 is 0 Å². The number of hydrogen-bond donors (Lipinski definition) is 1. The van der Waals surface area contributed by atoms with Gasteiger partial charge in [-0.3, -0.25) is 4.79 Å². The van der Waals surface area contributed by atoms with Crippen LogP contribution in [-0.4, -0.2) is 29.9 Å². The molecule has 0 saturated heterocycles. The van der Waals surface area contributed by atoms with E-state index in [9.17, 15) is 9.18 Å². The molecule has 0 saturated carbocycles. The van der Waals surface area contributed by atoms with Crippen molar-refractivity contribution in [2.75, 3.05) is 14.2 Å². The molecule has 0 bridgehead atoms. The van der Waals surface area contributed by atoms with Crippen molar-refractivity contribution in [2.45, 2.75) is 13.0 Å². The van der Waals surface area contributed by atoms with Gasteiger partial charge in [-0.25, -0.2) is 4.39 Å².